The topological polar surface area (TPSA) is 54.7 Å². The van der Waals surface area contributed by atoms with E-state index in [0.717, 1.165) is 17.0 Å². The molecule has 36 heavy (non-hydrogen) atoms. The SMILES string of the molecule is C=C.CC.CN.Cc1cnc2[nH]c3c(C)c(CCCCCP(C)C)cc(-c4cccc(S)c4)c3c2c1. The molecule has 0 aliphatic rings. The number of aromatic nitrogens is 2. The summed E-state index contributed by atoms with van der Waals surface area (Å²) >= 11 is 4.60. The average molecular weight is 524 g/mol. The summed E-state index contributed by atoms with van der Waals surface area (Å²) in [6, 6.07) is 13.2. The zero-order valence-electron chi connectivity index (χ0n) is 23.4. The molecule has 0 saturated heterocycles. The number of aromatic amines is 1. The second-order valence-electron chi connectivity index (χ2n) is 8.66. The van der Waals surface area contributed by atoms with Crippen molar-refractivity contribution in [3.05, 3.63) is 72.4 Å². The largest absolute Gasteiger partial charge is 0.339 e. The van der Waals surface area contributed by atoms with Gasteiger partial charge < -0.3 is 10.7 Å². The normalized spacial score (nSPS) is 10.3. The van der Waals surface area contributed by atoms with Crippen molar-refractivity contribution in [1.29, 1.82) is 0 Å². The van der Waals surface area contributed by atoms with Crippen molar-refractivity contribution < 1.29 is 0 Å². The lowest BCUT2D eigenvalue weighted by Gasteiger charge is -2.13. The number of H-pyrrole nitrogens is 1. The molecular weight excluding hydrogens is 477 g/mol. The van der Waals surface area contributed by atoms with Crippen LogP contribution in [0.5, 0.6) is 0 Å². The fraction of sp³-hybridized carbons (Fsp3) is 0.387. The average Bonchev–Trinajstić information content (AvgIpc) is 3.27. The molecule has 0 aliphatic carbocycles. The fourth-order valence-electron chi connectivity index (χ4n) is 4.33. The van der Waals surface area contributed by atoms with Crippen molar-refractivity contribution in [2.45, 2.75) is 58.3 Å². The molecule has 0 unspecified atom stereocenters. The van der Waals surface area contributed by atoms with Gasteiger partial charge in [0.05, 0.1) is 5.52 Å². The third-order valence-corrected chi connectivity index (χ3v) is 7.43. The molecule has 196 valence electrons. The summed E-state index contributed by atoms with van der Waals surface area (Å²) in [5.74, 6) is 0. The highest BCUT2D eigenvalue weighted by Crippen LogP contribution is 2.38. The number of nitrogens with zero attached hydrogens (tertiary/aromatic N) is 1. The van der Waals surface area contributed by atoms with Gasteiger partial charge in [-0.1, -0.05) is 38.5 Å². The molecule has 0 aliphatic heterocycles. The lowest BCUT2D eigenvalue weighted by atomic mass is 9.92. The highest BCUT2D eigenvalue weighted by Gasteiger charge is 2.16. The van der Waals surface area contributed by atoms with Gasteiger partial charge in [0, 0.05) is 21.9 Å². The van der Waals surface area contributed by atoms with E-state index in [9.17, 15) is 0 Å². The van der Waals surface area contributed by atoms with E-state index in [1.54, 1.807) is 0 Å². The number of aryl methyl sites for hydroxylation is 3. The first kappa shape index (κ1) is 31.9. The molecule has 5 heteroatoms. The van der Waals surface area contributed by atoms with Crippen LogP contribution in [0.3, 0.4) is 0 Å². The van der Waals surface area contributed by atoms with Crippen LogP contribution >= 0.6 is 20.6 Å². The zero-order chi connectivity index (χ0) is 27.3. The van der Waals surface area contributed by atoms with Crippen LogP contribution in [0.25, 0.3) is 33.1 Å². The molecule has 0 radical (unpaired) electrons. The van der Waals surface area contributed by atoms with E-state index in [1.807, 2.05) is 26.1 Å². The molecule has 0 atom stereocenters. The number of pyridine rings is 1. The van der Waals surface area contributed by atoms with E-state index < -0.39 is 0 Å². The van der Waals surface area contributed by atoms with Crippen molar-refractivity contribution in [2.75, 3.05) is 26.5 Å². The molecule has 0 amide bonds. The van der Waals surface area contributed by atoms with Crippen molar-refractivity contribution in [1.82, 2.24) is 9.97 Å². The molecular formula is C31H46N3PS. The lowest BCUT2D eigenvalue weighted by Crippen LogP contribution is -1.95. The maximum atomic E-state index is 4.68. The minimum Gasteiger partial charge on any atom is -0.339 e. The number of nitrogens with one attached hydrogen (secondary N) is 1. The summed E-state index contributed by atoms with van der Waals surface area (Å²) in [5, 5.41) is 2.49. The Morgan fingerprint density at radius 1 is 1.00 bits per heavy atom. The first-order valence-corrected chi connectivity index (χ1v) is 15.7. The minimum absolute atomic E-state index is 0.226. The van der Waals surface area contributed by atoms with Gasteiger partial charge >= 0.3 is 0 Å². The Morgan fingerprint density at radius 2 is 1.69 bits per heavy atom. The van der Waals surface area contributed by atoms with Crippen molar-refractivity contribution >= 4 is 42.5 Å². The molecule has 0 fully saturated rings. The van der Waals surface area contributed by atoms with Crippen molar-refractivity contribution in [3.8, 4) is 11.1 Å². The molecule has 2 aromatic carbocycles. The molecule has 3 N–H and O–H groups in total. The van der Waals surface area contributed by atoms with E-state index in [1.165, 1.54) is 76.6 Å². The zero-order valence-corrected chi connectivity index (χ0v) is 25.2. The molecule has 0 bridgehead atoms. The quantitative estimate of drug-likeness (QED) is 0.0979. The van der Waals surface area contributed by atoms with Crippen LogP contribution in [-0.2, 0) is 6.42 Å². The van der Waals surface area contributed by atoms with Gasteiger partial charge in [-0.15, -0.1) is 33.7 Å². The molecule has 0 spiro atoms. The lowest BCUT2D eigenvalue weighted by molar-refractivity contribution is 0.719. The summed E-state index contributed by atoms with van der Waals surface area (Å²) in [7, 11) is 1.73. The Morgan fingerprint density at radius 3 is 2.33 bits per heavy atom. The third kappa shape index (κ3) is 8.20. The van der Waals surface area contributed by atoms with Crippen LogP contribution in [0.15, 0.2) is 60.6 Å². The van der Waals surface area contributed by atoms with Gasteiger partial charge in [-0.2, -0.15) is 0 Å². The summed E-state index contributed by atoms with van der Waals surface area (Å²) in [6.07, 6.45) is 8.37. The smallest absolute Gasteiger partial charge is 0.138 e. The summed E-state index contributed by atoms with van der Waals surface area (Å²) < 4.78 is 0. The van der Waals surface area contributed by atoms with Crippen LogP contribution in [0, 0.1) is 13.8 Å². The van der Waals surface area contributed by atoms with Gasteiger partial charge in [-0.05, 0) is 106 Å². The summed E-state index contributed by atoms with van der Waals surface area (Å²) in [5.41, 5.74) is 13.2. The van der Waals surface area contributed by atoms with Gasteiger partial charge in [-0.3, -0.25) is 0 Å². The van der Waals surface area contributed by atoms with Gasteiger partial charge in [0.15, 0.2) is 0 Å². The molecule has 2 heterocycles. The Bertz CT molecular complexity index is 1210. The number of nitrogens with two attached hydrogens (primary N) is 1. The second-order valence-corrected chi connectivity index (χ2v) is 11.8. The van der Waals surface area contributed by atoms with Gasteiger partial charge in [0.1, 0.15) is 5.65 Å². The number of thiol groups is 1. The molecule has 0 saturated carbocycles. The highest BCUT2D eigenvalue weighted by molar-refractivity contribution is 7.80. The molecule has 2 aromatic heterocycles. The van der Waals surface area contributed by atoms with E-state index >= 15 is 0 Å². The first-order chi connectivity index (χ1) is 17.4. The van der Waals surface area contributed by atoms with Crippen molar-refractivity contribution in [3.63, 3.8) is 0 Å². The van der Waals surface area contributed by atoms with Crippen LogP contribution in [0.4, 0.5) is 0 Å². The highest BCUT2D eigenvalue weighted by atomic mass is 32.1. The number of unbranched alkanes of at least 4 members (excludes halogenated alkanes) is 2. The van der Waals surface area contributed by atoms with Crippen LogP contribution in [0.1, 0.15) is 49.8 Å². The van der Waals surface area contributed by atoms with Gasteiger partial charge in [-0.25, -0.2) is 4.98 Å². The standard InChI is InChI=1S/C26H31N2PS.C2H6.C2H4.CH5N/c1-17-13-23-24-22(20-10-8-11-21(30)14-20)15-19(9-6-5-7-12-29(3)4)18(2)25(24)28-26(23)27-16-17;3*1-2/h8,10-11,13-16,30H,5-7,9,12H2,1-4H3,(H,27,28);1-2H3;1-2H2;2H2,1H3. The number of hydrogen-bond acceptors (Lipinski definition) is 3. The third-order valence-electron chi connectivity index (χ3n) is 5.94. The predicted octanol–water partition coefficient (Wildman–Crippen LogP) is 9.15. The summed E-state index contributed by atoms with van der Waals surface area (Å²) in [4.78, 5) is 9.30. The fourth-order valence-corrected chi connectivity index (χ4v) is 5.41. The number of fused-ring (bicyclic) bond motifs is 3. The Balaban J connectivity index is 0.00000101. The van der Waals surface area contributed by atoms with Gasteiger partial charge in [0.2, 0.25) is 0 Å². The van der Waals surface area contributed by atoms with E-state index in [4.69, 9.17) is 0 Å². The number of benzene rings is 2. The predicted molar refractivity (Wildman–Crippen MR) is 170 cm³/mol. The van der Waals surface area contributed by atoms with E-state index in [-0.39, 0.29) is 7.92 Å². The second kappa shape index (κ2) is 16.6. The van der Waals surface area contributed by atoms with Gasteiger partial charge in [0.25, 0.3) is 0 Å². The monoisotopic (exact) mass is 523 g/mol. The Hall–Kier alpha value is -2.13. The maximum Gasteiger partial charge on any atom is 0.138 e. The number of rotatable bonds is 7. The van der Waals surface area contributed by atoms with Crippen molar-refractivity contribution in [2.24, 2.45) is 5.73 Å². The molecule has 3 nitrogen and oxygen atoms in total. The van der Waals surface area contributed by atoms with E-state index in [2.05, 4.69) is 99.0 Å². The Kier molecular flexibility index (Phi) is 14.7. The maximum absolute atomic E-state index is 4.68. The van der Waals surface area contributed by atoms with Crippen LogP contribution in [0.2, 0.25) is 0 Å². The van der Waals surface area contributed by atoms with Crippen LogP contribution in [-0.4, -0.2) is 36.5 Å². The Labute approximate surface area is 226 Å². The molecule has 4 aromatic rings. The minimum atomic E-state index is 0.226. The number of hydrogen-bond donors (Lipinski definition) is 3. The van der Waals surface area contributed by atoms with E-state index in [0.29, 0.717) is 0 Å². The molecule has 4 rings (SSSR count). The first-order valence-electron chi connectivity index (χ1n) is 12.9. The summed E-state index contributed by atoms with van der Waals surface area (Å²) in [6.45, 7) is 19.1. The van der Waals surface area contributed by atoms with Crippen LogP contribution < -0.4 is 5.73 Å².